The summed E-state index contributed by atoms with van der Waals surface area (Å²) in [6.45, 7) is 3.37. The quantitative estimate of drug-likeness (QED) is 0.688. The van der Waals surface area contributed by atoms with Crippen LogP contribution in [-0.4, -0.2) is 17.7 Å². The number of hydrogen-bond acceptors (Lipinski definition) is 5. The highest BCUT2D eigenvalue weighted by molar-refractivity contribution is 5.94. The Morgan fingerprint density at radius 2 is 1.75 bits per heavy atom. The number of ether oxygens (including phenoxy) is 2. The summed E-state index contributed by atoms with van der Waals surface area (Å²) in [5.41, 5.74) is 4.60. The molecule has 6 heteroatoms. The first-order valence-electron chi connectivity index (χ1n) is 9.08. The fourth-order valence-electron chi connectivity index (χ4n) is 2.91. The van der Waals surface area contributed by atoms with Crippen LogP contribution in [0.2, 0.25) is 0 Å². The molecule has 1 aliphatic rings. The Morgan fingerprint density at radius 1 is 0.964 bits per heavy atom. The molecule has 0 saturated carbocycles. The molecule has 1 aliphatic heterocycles. The first kappa shape index (κ1) is 17.9. The molecule has 2 heterocycles. The van der Waals surface area contributed by atoms with Crippen molar-refractivity contribution in [2.45, 2.75) is 20.0 Å². The van der Waals surface area contributed by atoms with Gasteiger partial charge in [0, 0.05) is 25.5 Å². The van der Waals surface area contributed by atoms with Crippen molar-refractivity contribution < 1.29 is 14.3 Å². The summed E-state index contributed by atoms with van der Waals surface area (Å²) in [6, 6.07) is 15.7. The second-order valence-electron chi connectivity index (χ2n) is 6.67. The monoisotopic (exact) mass is 375 g/mol. The maximum absolute atomic E-state index is 12.4. The number of pyridine rings is 1. The van der Waals surface area contributed by atoms with Crippen molar-refractivity contribution in [3.8, 4) is 11.5 Å². The van der Waals surface area contributed by atoms with Crippen molar-refractivity contribution in [2.75, 3.05) is 12.1 Å². The number of carbonyl (C=O) groups excluding carboxylic acids is 1. The Hall–Kier alpha value is -3.54. The third kappa shape index (κ3) is 4.23. The maximum atomic E-state index is 12.4. The number of aromatic nitrogens is 1. The van der Waals surface area contributed by atoms with E-state index < -0.39 is 0 Å². The predicted molar refractivity (Wildman–Crippen MR) is 106 cm³/mol. The van der Waals surface area contributed by atoms with E-state index in [9.17, 15) is 4.79 Å². The van der Waals surface area contributed by atoms with Gasteiger partial charge in [-0.1, -0.05) is 35.9 Å². The minimum Gasteiger partial charge on any atom is -0.454 e. The van der Waals surface area contributed by atoms with Gasteiger partial charge >= 0.3 is 0 Å². The number of rotatable bonds is 6. The molecule has 3 aromatic rings. The summed E-state index contributed by atoms with van der Waals surface area (Å²) in [6.07, 6.45) is 3.26. The van der Waals surface area contributed by atoms with E-state index in [1.165, 1.54) is 5.56 Å². The van der Waals surface area contributed by atoms with Crippen LogP contribution in [0, 0.1) is 6.92 Å². The molecule has 28 heavy (non-hydrogen) atoms. The van der Waals surface area contributed by atoms with Crippen molar-refractivity contribution in [3.05, 3.63) is 83.2 Å². The standard InChI is InChI=1S/C22H21N3O3/c1-15-2-4-16(5-3-15)10-25-22(26)18-9-19(13-23-12-18)24-11-17-6-7-20-21(8-17)28-14-27-20/h2-9,12-13,24H,10-11,14H2,1H3,(H,25,26). The minimum absolute atomic E-state index is 0.153. The second-order valence-corrected chi connectivity index (χ2v) is 6.67. The molecule has 0 atom stereocenters. The van der Waals surface area contributed by atoms with Gasteiger partial charge in [0.2, 0.25) is 6.79 Å². The van der Waals surface area contributed by atoms with Crippen molar-refractivity contribution in [2.24, 2.45) is 0 Å². The summed E-state index contributed by atoms with van der Waals surface area (Å²) in [7, 11) is 0. The lowest BCUT2D eigenvalue weighted by Gasteiger charge is -2.09. The number of carbonyl (C=O) groups is 1. The number of nitrogens with one attached hydrogen (secondary N) is 2. The van der Waals surface area contributed by atoms with E-state index in [0.717, 1.165) is 28.3 Å². The van der Waals surface area contributed by atoms with Crippen molar-refractivity contribution >= 4 is 11.6 Å². The highest BCUT2D eigenvalue weighted by Gasteiger charge is 2.13. The second kappa shape index (κ2) is 8.00. The van der Waals surface area contributed by atoms with Gasteiger partial charge in [0.1, 0.15) is 0 Å². The molecular weight excluding hydrogens is 354 g/mol. The number of amides is 1. The molecule has 142 valence electrons. The number of hydrogen-bond donors (Lipinski definition) is 2. The Kier molecular flexibility index (Phi) is 5.10. The largest absolute Gasteiger partial charge is 0.454 e. The van der Waals surface area contributed by atoms with Gasteiger partial charge < -0.3 is 20.1 Å². The molecule has 0 aliphatic carbocycles. The van der Waals surface area contributed by atoms with Crippen molar-refractivity contribution in [3.63, 3.8) is 0 Å². The van der Waals surface area contributed by atoms with Crippen LogP contribution < -0.4 is 20.1 Å². The average Bonchev–Trinajstić information content (AvgIpc) is 3.20. The molecule has 1 amide bonds. The maximum Gasteiger partial charge on any atom is 0.253 e. The topological polar surface area (TPSA) is 72.5 Å². The number of aryl methyl sites for hydroxylation is 1. The third-order valence-corrected chi connectivity index (χ3v) is 4.51. The lowest BCUT2D eigenvalue weighted by Crippen LogP contribution is -2.23. The minimum atomic E-state index is -0.153. The van der Waals surface area contributed by atoms with Crippen LogP contribution in [0.5, 0.6) is 11.5 Å². The SMILES string of the molecule is Cc1ccc(CNC(=O)c2cncc(NCc3ccc4c(c3)OCO4)c2)cc1. The molecule has 0 fully saturated rings. The molecule has 6 nitrogen and oxygen atoms in total. The third-order valence-electron chi connectivity index (χ3n) is 4.51. The zero-order valence-electron chi connectivity index (χ0n) is 15.6. The molecule has 1 aromatic heterocycles. The van der Waals surface area contributed by atoms with E-state index in [4.69, 9.17) is 9.47 Å². The first-order valence-corrected chi connectivity index (χ1v) is 9.08. The normalized spacial score (nSPS) is 11.9. The van der Waals surface area contributed by atoms with Crippen LogP contribution in [0.15, 0.2) is 60.9 Å². The molecule has 4 rings (SSSR count). The molecule has 0 saturated heterocycles. The van der Waals surface area contributed by atoms with Crippen LogP contribution in [0.25, 0.3) is 0 Å². The Morgan fingerprint density at radius 3 is 2.61 bits per heavy atom. The molecule has 0 bridgehead atoms. The van der Waals surface area contributed by atoms with Crippen LogP contribution in [0.3, 0.4) is 0 Å². The van der Waals surface area contributed by atoms with Crippen molar-refractivity contribution in [1.29, 1.82) is 0 Å². The zero-order valence-corrected chi connectivity index (χ0v) is 15.6. The highest BCUT2D eigenvalue weighted by Crippen LogP contribution is 2.32. The van der Waals surface area contributed by atoms with Gasteiger partial charge in [0.15, 0.2) is 11.5 Å². The Labute approximate surface area is 163 Å². The van der Waals surface area contributed by atoms with Crippen LogP contribution in [0.1, 0.15) is 27.0 Å². The number of fused-ring (bicyclic) bond motifs is 1. The fourth-order valence-corrected chi connectivity index (χ4v) is 2.91. The fraction of sp³-hybridized carbons (Fsp3) is 0.182. The molecule has 0 unspecified atom stereocenters. The number of benzene rings is 2. The lowest BCUT2D eigenvalue weighted by molar-refractivity contribution is 0.0950. The number of nitrogens with zero attached hydrogens (tertiary/aromatic N) is 1. The van der Waals surface area contributed by atoms with Gasteiger partial charge in [-0.25, -0.2) is 0 Å². The van der Waals surface area contributed by atoms with E-state index in [1.54, 1.807) is 18.5 Å². The van der Waals surface area contributed by atoms with E-state index in [0.29, 0.717) is 18.7 Å². The van der Waals surface area contributed by atoms with Gasteiger partial charge in [-0.05, 0) is 36.2 Å². The summed E-state index contributed by atoms with van der Waals surface area (Å²) in [5, 5.41) is 6.22. The highest BCUT2D eigenvalue weighted by atomic mass is 16.7. The summed E-state index contributed by atoms with van der Waals surface area (Å²) in [4.78, 5) is 16.6. The average molecular weight is 375 g/mol. The summed E-state index contributed by atoms with van der Waals surface area (Å²) in [5.74, 6) is 1.36. The van der Waals surface area contributed by atoms with E-state index in [2.05, 4.69) is 15.6 Å². The van der Waals surface area contributed by atoms with E-state index in [1.807, 2.05) is 49.4 Å². The lowest BCUT2D eigenvalue weighted by atomic mass is 10.1. The van der Waals surface area contributed by atoms with Crippen molar-refractivity contribution in [1.82, 2.24) is 10.3 Å². The van der Waals surface area contributed by atoms with Crippen LogP contribution in [0.4, 0.5) is 5.69 Å². The van der Waals surface area contributed by atoms with Gasteiger partial charge in [-0.3, -0.25) is 9.78 Å². The predicted octanol–water partition coefficient (Wildman–Crippen LogP) is 3.66. The molecule has 0 spiro atoms. The zero-order chi connectivity index (χ0) is 19.3. The summed E-state index contributed by atoms with van der Waals surface area (Å²) >= 11 is 0. The Balaban J connectivity index is 1.35. The van der Waals surface area contributed by atoms with Gasteiger partial charge in [0.05, 0.1) is 11.3 Å². The van der Waals surface area contributed by atoms with E-state index in [-0.39, 0.29) is 12.7 Å². The summed E-state index contributed by atoms with van der Waals surface area (Å²) < 4.78 is 10.7. The molecule has 2 N–H and O–H groups in total. The van der Waals surface area contributed by atoms with Gasteiger partial charge in [-0.15, -0.1) is 0 Å². The van der Waals surface area contributed by atoms with E-state index >= 15 is 0 Å². The van der Waals surface area contributed by atoms with Gasteiger partial charge in [-0.2, -0.15) is 0 Å². The van der Waals surface area contributed by atoms with Gasteiger partial charge in [0.25, 0.3) is 5.91 Å². The van der Waals surface area contributed by atoms with Crippen LogP contribution >= 0.6 is 0 Å². The molecular formula is C22H21N3O3. The Bertz CT molecular complexity index is 987. The number of anilines is 1. The van der Waals surface area contributed by atoms with Crippen LogP contribution in [-0.2, 0) is 13.1 Å². The molecule has 0 radical (unpaired) electrons. The first-order chi connectivity index (χ1) is 13.7. The molecule has 2 aromatic carbocycles. The smallest absolute Gasteiger partial charge is 0.253 e.